The van der Waals surface area contributed by atoms with E-state index in [1.165, 1.54) is 12.1 Å². The van der Waals surface area contributed by atoms with Crippen LogP contribution >= 0.6 is 0 Å². The van der Waals surface area contributed by atoms with E-state index in [0.29, 0.717) is 24.8 Å². The number of amides is 10. The van der Waals surface area contributed by atoms with Crippen LogP contribution in [0, 0.1) is 5.92 Å². The largest absolute Gasteiger partial charge is 0.508 e. The molecule has 0 fully saturated rings. The number of aliphatic hydroxyl groups is 1. The molecule has 0 saturated carbocycles. The number of guanidine groups is 2. The van der Waals surface area contributed by atoms with Crippen LogP contribution < -0.4 is 93.7 Å². The highest BCUT2D eigenvalue weighted by Gasteiger charge is 2.35. The Morgan fingerprint density at radius 1 is 0.494 bits per heavy atom. The monoisotopic (exact) mass is 1260 g/mol. The number of aliphatic imine (C=N–C) groups is 2. The zero-order chi connectivity index (χ0) is 67.2. The standard InChI is InChI=1S/C54H93N19O16/c1-29(2)43(51(87)70-37(19-20-40(58)76)49(85)68-35(11-4-6-22-56)47(83)71-38(52(88)89)27-42(78)79)73-41(77)14-9-23-63-45(81)33(12-7-24-64-53(59)60)67-46(82)34(10-3-5-21-55)69-50(86)39(28-74)72-48(84)36(13-8-25-65-54(61)62)66-44(80)32(57)26-30-15-17-31(75)18-16-30/h15-18,29,32-39,43,74-75H,3-14,19-28,55-57H2,1-2H3,(H2,58,76)(H,63,81)(H,66,80)(H,67,82)(H,68,85)(H,69,86)(H,70,87)(H,71,83)(H,72,84)(H,73,77)(H,78,79)(H,88,89)(H4,59,60,64)(H4,61,62,65)/t32-,33+,34+,35+,36+,37+,38+,39+,43+/m1/s1. The first-order valence-corrected chi connectivity index (χ1v) is 29.1. The molecule has 0 aliphatic heterocycles. The van der Waals surface area contributed by atoms with Gasteiger partial charge in [0.25, 0.3) is 0 Å². The summed E-state index contributed by atoms with van der Waals surface area (Å²) in [6.45, 7) is 2.54. The second-order valence-corrected chi connectivity index (χ2v) is 21.2. The predicted molar refractivity (Wildman–Crippen MR) is 323 cm³/mol. The molecular formula is C54H93N19O16. The fraction of sp³-hybridized carbons (Fsp3) is 0.630. The third kappa shape index (κ3) is 33.1. The Morgan fingerprint density at radius 2 is 0.910 bits per heavy atom. The van der Waals surface area contributed by atoms with E-state index in [9.17, 15) is 72.9 Å². The van der Waals surface area contributed by atoms with Crippen molar-refractivity contribution in [1.82, 2.24) is 47.9 Å². The highest BCUT2D eigenvalue weighted by molar-refractivity contribution is 5.97. The molecule has 0 saturated heterocycles. The molecule has 29 N–H and O–H groups in total. The Labute approximate surface area is 515 Å². The van der Waals surface area contributed by atoms with Gasteiger partial charge < -0.3 is 114 Å². The fourth-order valence-electron chi connectivity index (χ4n) is 8.44. The molecule has 0 heterocycles. The van der Waals surface area contributed by atoms with Crippen LogP contribution in [-0.2, 0) is 64.0 Å². The summed E-state index contributed by atoms with van der Waals surface area (Å²) in [5.41, 5.74) is 45.3. The summed E-state index contributed by atoms with van der Waals surface area (Å²) >= 11 is 0. The van der Waals surface area contributed by atoms with Gasteiger partial charge in [-0.3, -0.25) is 62.7 Å². The fourth-order valence-corrected chi connectivity index (χ4v) is 8.44. The summed E-state index contributed by atoms with van der Waals surface area (Å²) in [6.07, 6.45) is -0.618. The Morgan fingerprint density at radius 3 is 1.34 bits per heavy atom. The first kappa shape index (κ1) is 78.1. The lowest BCUT2D eigenvalue weighted by Gasteiger charge is -2.27. The van der Waals surface area contributed by atoms with Crippen LogP contribution in [0.5, 0.6) is 5.75 Å². The first-order chi connectivity index (χ1) is 42.0. The van der Waals surface area contributed by atoms with Gasteiger partial charge in [-0.1, -0.05) is 26.0 Å². The number of phenols is 1. The molecule has 35 nitrogen and oxygen atoms in total. The number of rotatable bonds is 46. The number of aliphatic carboxylic acids is 2. The van der Waals surface area contributed by atoms with Crippen LogP contribution in [0.2, 0.25) is 0 Å². The normalized spacial score (nSPS) is 14.0. The molecule has 0 aromatic heterocycles. The quantitative estimate of drug-likeness (QED) is 0.0164. The zero-order valence-corrected chi connectivity index (χ0v) is 50.3. The van der Waals surface area contributed by atoms with Crippen molar-refractivity contribution in [1.29, 1.82) is 0 Å². The Hall–Kier alpha value is -8.96. The van der Waals surface area contributed by atoms with Gasteiger partial charge in [-0.05, 0) is 120 Å². The van der Waals surface area contributed by atoms with Crippen molar-refractivity contribution < 1.29 is 78.0 Å². The minimum atomic E-state index is -1.86. The average molecular weight is 1260 g/mol. The number of phenolic OH excluding ortho intramolecular Hbond substituents is 1. The van der Waals surface area contributed by atoms with Crippen molar-refractivity contribution in [3.05, 3.63) is 29.8 Å². The van der Waals surface area contributed by atoms with E-state index in [1.54, 1.807) is 26.0 Å². The lowest BCUT2D eigenvalue weighted by Crippen LogP contribution is -2.59. The van der Waals surface area contributed by atoms with E-state index in [1.807, 2.05) is 0 Å². The van der Waals surface area contributed by atoms with E-state index in [-0.39, 0.29) is 121 Å². The minimum absolute atomic E-state index is 0.00328. The number of nitrogens with two attached hydrogens (primary N) is 8. The Kier molecular flexibility index (Phi) is 37.5. The van der Waals surface area contributed by atoms with E-state index in [4.69, 9.17) is 51.0 Å². The van der Waals surface area contributed by atoms with Gasteiger partial charge >= 0.3 is 11.9 Å². The minimum Gasteiger partial charge on any atom is -0.508 e. The molecule has 0 radical (unpaired) electrons. The number of hydrogen-bond acceptors (Lipinski definition) is 19. The topological polar surface area (TPSA) is 627 Å². The second-order valence-electron chi connectivity index (χ2n) is 21.2. The molecule has 0 spiro atoms. The molecule has 0 aliphatic carbocycles. The van der Waals surface area contributed by atoms with Crippen molar-refractivity contribution >= 4 is 82.9 Å². The van der Waals surface area contributed by atoms with Gasteiger partial charge in [0.2, 0.25) is 59.1 Å². The van der Waals surface area contributed by atoms with Gasteiger partial charge in [-0.25, -0.2) is 4.79 Å². The van der Waals surface area contributed by atoms with Crippen LogP contribution in [0.3, 0.4) is 0 Å². The lowest BCUT2D eigenvalue weighted by atomic mass is 10.0. The highest BCUT2D eigenvalue weighted by Crippen LogP contribution is 2.13. The molecule has 1 aromatic carbocycles. The van der Waals surface area contributed by atoms with Crippen molar-refractivity contribution in [2.45, 2.75) is 171 Å². The maximum atomic E-state index is 14.1. The van der Waals surface area contributed by atoms with Gasteiger partial charge in [0.15, 0.2) is 11.9 Å². The van der Waals surface area contributed by atoms with E-state index >= 15 is 0 Å². The number of hydrogen-bond donors (Lipinski definition) is 21. The van der Waals surface area contributed by atoms with Crippen molar-refractivity contribution in [2.75, 3.05) is 39.3 Å². The smallest absolute Gasteiger partial charge is 0.326 e. The van der Waals surface area contributed by atoms with E-state index < -0.39 is 151 Å². The molecular weight excluding hydrogens is 1170 g/mol. The van der Waals surface area contributed by atoms with Crippen molar-refractivity contribution in [3.8, 4) is 5.75 Å². The molecule has 89 heavy (non-hydrogen) atoms. The first-order valence-electron chi connectivity index (χ1n) is 29.1. The van der Waals surface area contributed by atoms with Crippen LogP contribution in [0.1, 0.15) is 116 Å². The molecule has 35 heteroatoms. The van der Waals surface area contributed by atoms with Crippen LogP contribution in [0.4, 0.5) is 0 Å². The number of aromatic hydroxyl groups is 1. The van der Waals surface area contributed by atoms with E-state index in [2.05, 4.69) is 57.8 Å². The third-order valence-electron chi connectivity index (χ3n) is 13.3. The van der Waals surface area contributed by atoms with Crippen LogP contribution in [0.25, 0.3) is 0 Å². The molecule has 1 rings (SSSR count). The molecule has 0 aliphatic rings. The zero-order valence-electron chi connectivity index (χ0n) is 50.3. The van der Waals surface area contributed by atoms with Gasteiger partial charge in [0.05, 0.1) is 19.1 Å². The number of benzene rings is 1. The number of unbranched alkanes of at least 4 members (excludes halogenated alkanes) is 2. The Balaban J connectivity index is 3.26. The highest BCUT2D eigenvalue weighted by atomic mass is 16.4. The van der Waals surface area contributed by atoms with Gasteiger partial charge in [0, 0.05) is 32.5 Å². The number of carbonyl (C=O) groups is 12. The number of carboxylic acids is 2. The van der Waals surface area contributed by atoms with Gasteiger partial charge in [-0.15, -0.1) is 0 Å². The summed E-state index contributed by atoms with van der Waals surface area (Å²) < 4.78 is 0. The number of carbonyl (C=O) groups excluding carboxylic acids is 10. The summed E-state index contributed by atoms with van der Waals surface area (Å²) in [4.78, 5) is 165. The van der Waals surface area contributed by atoms with Gasteiger partial charge in [-0.2, -0.15) is 0 Å². The summed E-state index contributed by atoms with van der Waals surface area (Å²) in [7, 11) is 0. The molecule has 10 amide bonds. The molecule has 500 valence electrons. The van der Waals surface area contributed by atoms with Crippen LogP contribution in [-0.4, -0.2) is 197 Å². The average Bonchev–Trinajstić information content (AvgIpc) is 3.09. The SMILES string of the molecule is CC(C)[C@H](NC(=O)CCCNC(=O)[C@H](CCCN=C(N)N)NC(=O)[C@H](CCCCN)NC(=O)[C@H](CO)NC(=O)[C@H](CCCN=C(N)N)NC(=O)[C@H](N)Cc1ccc(O)cc1)C(=O)N[C@@H](CCC(N)=O)C(=O)N[C@@H](CCCCN)C(=O)N[C@@H](CC(=O)O)C(=O)O. The van der Waals surface area contributed by atoms with Crippen molar-refractivity contribution in [3.63, 3.8) is 0 Å². The maximum absolute atomic E-state index is 14.1. The molecule has 1 aromatic rings. The molecule has 0 bridgehead atoms. The number of carboxylic acid groups (broad SMARTS) is 2. The molecule has 9 atom stereocenters. The maximum Gasteiger partial charge on any atom is 0.326 e. The third-order valence-corrected chi connectivity index (χ3v) is 13.3. The number of nitrogens with zero attached hydrogens (tertiary/aromatic N) is 2. The Bertz CT molecular complexity index is 2550. The summed E-state index contributed by atoms with van der Waals surface area (Å²) in [5.74, 6) is -13.0. The summed E-state index contributed by atoms with van der Waals surface area (Å²) in [6, 6.07) is -7.01. The van der Waals surface area contributed by atoms with Crippen molar-refractivity contribution in [2.24, 2.45) is 61.8 Å². The lowest BCUT2D eigenvalue weighted by molar-refractivity contribution is -0.147. The summed E-state index contributed by atoms with van der Waals surface area (Å²) in [5, 5.41) is 60.9. The van der Waals surface area contributed by atoms with E-state index in [0.717, 1.165) is 0 Å². The number of nitrogens with one attached hydrogen (secondary N) is 9. The second kappa shape index (κ2) is 42.8. The predicted octanol–water partition coefficient (Wildman–Crippen LogP) is -7.12. The number of aliphatic hydroxyl groups excluding tert-OH is 1. The van der Waals surface area contributed by atoms with Crippen LogP contribution in [0.15, 0.2) is 34.3 Å². The van der Waals surface area contributed by atoms with Gasteiger partial charge in [0.1, 0.15) is 54.1 Å². The number of primary amides is 1. The molecule has 0 unspecified atom stereocenters.